The topological polar surface area (TPSA) is 66.3 Å². The van der Waals surface area contributed by atoms with E-state index < -0.39 is 5.97 Å². The van der Waals surface area contributed by atoms with E-state index in [1.807, 2.05) is 0 Å². The first kappa shape index (κ1) is 12.4. The van der Waals surface area contributed by atoms with Crippen LogP contribution in [0.15, 0.2) is 12.4 Å². The lowest BCUT2D eigenvalue weighted by atomic mass is 9.59. The van der Waals surface area contributed by atoms with E-state index in [9.17, 15) is 4.79 Å². The molecule has 5 heteroatoms. The molecule has 2 aliphatic rings. The zero-order chi connectivity index (χ0) is 13.5. The number of aromatic nitrogens is 2. The minimum atomic E-state index is -1.03. The van der Waals surface area contributed by atoms with Crippen molar-refractivity contribution >= 4 is 11.8 Å². The summed E-state index contributed by atoms with van der Waals surface area (Å²) in [6, 6.07) is 0. The van der Waals surface area contributed by atoms with Gasteiger partial charge in [0.1, 0.15) is 5.82 Å². The number of carbonyl (C=O) groups is 1. The molecular weight excluding hydrogens is 242 g/mol. The molecule has 1 N–H and O–H groups in total. The van der Waals surface area contributed by atoms with E-state index in [0.717, 1.165) is 24.8 Å². The molecular formula is C14H19N3O2. The highest BCUT2D eigenvalue weighted by Gasteiger charge is 2.45. The molecule has 1 unspecified atom stereocenters. The minimum absolute atomic E-state index is 0.00693. The number of piperidine rings is 1. The standard InChI is InChI=1S/C14H19N3O2/c1-10-3-6-17(9-14(10)4-2-5-14)12-8-15-11(7-16-12)13(18)19/h7-8,10H,2-6,9H2,1H3,(H,18,19). The largest absolute Gasteiger partial charge is 0.476 e. The maximum Gasteiger partial charge on any atom is 0.356 e. The smallest absolute Gasteiger partial charge is 0.356 e. The van der Waals surface area contributed by atoms with Crippen LogP contribution in [0.3, 0.4) is 0 Å². The minimum Gasteiger partial charge on any atom is -0.476 e. The molecule has 1 aromatic heterocycles. The number of nitrogens with zero attached hydrogens (tertiary/aromatic N) is 3. The molecule has 3 rings (SSSR count). The summed E-state index contributed by atoms with van der Waals surface area (Å²) in [5.41, 5.74) is 0.471. The summed E-state index contributed by atoms with van der Waals surface area (Å²) in [5, 5.41) is 8.83. The van der Waals surface area contributed by atoms with Crippen molar-refractivity contribution < 1.29 is 9.90 Å². The zero-order valence-electron chi connectivity index (χ0n) is 11.2. The van der Waals surface area contributed by atoms with Gasteiger partial charge in [0.15, 0.2) is 5.69 Å². The van der Waals surface area contributed by atoms with Crippen molar-refractivity contribution in [2.45, 2.75) is 32.6 Å². The molecule has 19 heavy (non-hydrogen) atoms. The van der Waals surface area contributed by atoms with Gasteiger partial charge in [-0.2, -0.15) is 0 Å². The molecule has 2 heterocycles. The average molecular weight is 261 g/mol. The third-order valence-electron chi connectivity index (χ3n) is 4.91. The van der Waals surface area contributed by atoms with Gasteiger partial charge < -0.3 is 10.0 Å². The molecule has 2 fully saturated rings. The second kappa shape index (κ2) is 4.47. The summed E-state index contributed by atoms with van der Waals surface area (Å²) in [5.74, 6) is 0.564. The summed E-state index contributed by atoms with van der Waals surface area (Å²) in [4.78, 5) is 21.3. The number of rotatable bonds is 2. The molecule has 5 nitrogen and oxygen atoms in total. The molecule has 102 valence electrons. The fourth-order valence-electron chi connectivity index (χ4n) is 3.34. The third-order valence-corrected chi connectivity index (χ3v) is 4.91. The Morgan fingerprint density at radius 1 is 1.42 bits per heavy atom. The number of carboxylic acids is 1. The van der Waals surface area contributed by atoms with Gasteiger partial charge in [-0.3, -0.25) is 0 Å². The van der Waals surface area contributed by atoms with Crippen LogP contribution < -0.4 is 4.90 Å². The lowest BCUT2D eigenvalue weighted by Gasteiger charge is -2.53. The predicted octanol–water partition coefficient (Wildman–Crippen LogP) is 2.19. The molecule has 1 spiro atoms. The maximum absolute atomic E-state index is 10.8. The summed E-state index contributed by atoms with van der Waals surface area (Å²) in [6.45, 7) is 4.38. The molecule has 0 radical (unpaired) electrons. The normalized spacial score (nSPS) is 25.1. The van der Waals surface area contributed by atoms with Gasteiger partial charge in [0.05, 0.1) is 12.4 Å². The molecule has 1 saturated heterocycles. The molecule has 1 aliphatic heterocycles. The van der Waals surface area contributed by atoms with Crippen LogP contribution in [-0.2, 0) is 0 Å². The Bertz CT molecular complexity index is 482. The van der Waals surface area contributed by atoms with Gasteiger partial charge in [-0.1, -0.05) is 13.3 Å². The van der Waals surface area contributed by atoms with Crippen LogP contribution in [-0.4, -0.2) is 34.1 Å². The van der Waals surface area contributed by atoms with E-state index in [1.54, 1.807) is 6.20 Å². The van der Waals surface area contributed by atoms with E-state index in [2.05, 4.69) is 21.8 Å². The molecule has 1 saturated carbocycles. The summed E-state index contributed by atoms with van der Waals surface area (Å²) in [7, 11) is 0. The first-order chi connectivity index (χ1) is 9.11. The van der Waals surface area contributed by atoms with Crippen molar-refractivity contribution in [3.8, 4) is 0 Å². The number of aromatic carboxylic acids is 1. The Kier molecular flexibility index (Phi) is 2.92. The van der Waals surface area contributed by atoms with Crippen molar-refractivity contribution in [1.29, 1.82) is 0 Å². The highest BCUT2D eigenvalue weighted by Crippen LogP contribution is 2.51. The van der Waals surface area contributed by atoms with Crippen molar-refractivity contribution in [2.75, 3.05) is 18.0 Å². The highest BCUT2D eigenvalue weighted by molar-refractivity contribution is 5.84. The van der Waals surface area contributed by atoms with Crippen LogP contribution in [0.25, 0.3) is 0 Å². The van der Waals surface area contributed by atoms with E-state index in [4.69, 9.17) is 5.11 Å². The quantitative estimate of drug-likeness (QED) is 0.884. The van der Waals surface area contributed by atoms with E-state index in [0.29, 0.717) is 5.41 Å². The molecule has 1 aliphatic carbocycles. The van der Waals surface area contributed by atoms with Crippen LogP contribution in [0, 0.1) is 11.3 Å². The maximum atomic E-state index is 10.8. The highest BCUT2D eigenvalue weighted by atomic mass is 16.4. The van der Waals surface area contributed by atoms with Gasteiger partial charge >= 0.3 is 5.97 Å². The van der Waals surface area contributed by atoms with Crippen molar-refractivity contribution in [1.82, 2.24) is 9.97 Å². The number of carboxylic acid groups (broad SMARTS) is 1. The van der Waals surface area contributed by atoms with Crippen LogP contribution in [0.4, 0.5) is 5.82 Å². The van der Waals surface area contributed by atoms with Crippen molar-refractivity contribution in [3.63, 3.8) is 0 Å². The second-order valence-electron chi connectivity index (χ2n) is 5.89. The number of hydrogen-bond acceptors (Lipinski definition) is 4. The van der Waals surface area contributed by atoms with Crippen LogP contribution in [0.5, 0.6) is 0 Å². The van der Waals surface area contributed by atoms with Crippen molar-refractivity contribution in [2.24, 2.45) is 11.3 Å². The molecule has 0 bridgehead atoms. The van der Waals surface area contributed by atoms with Gasteiger partial charge in [-0.05, 0) is 30.6 Å². The molecule has 0 amide bonds. The van der Waals surface area contributed by atoms with Gasteiger partial charge in [0, 0.05) is 13.1 Å². The molecule has 0 aromatic carbocycles. The van der Waals surface area contributed by atoms with Gasteiger partial charge in [-0.25, -0.2) is 14.8 Å². The number of hydrogen-bond donors (Lipinski definition) is 1. The van der Waals surface area contributed by atoms with Gasteiger partial charge in [-0.15, -0.1) is 0 Å². The average Bonchev–Trinajstić information content (AvgIpc) is 2.37. The molecule has 1 aromatic rings. The van der Waals surface area contributed by atoms with E-state index in [-0.39, 0.29) is 5.69 Å². The summed E-state index contributed by atoms with van der Waals surface area (Å²) >= 11 is 0. The lowest BCUT2D eigenvalue weighted by Crippen LogP contribution is -2.52. The Morgan fingerprint density at radius 3 is 2.74 bits per heavy atom. The van der Waals surface area contributed by atoms with E-state index in [1.165, 1.54) is 31.9 Å². The van der Waals surface area contributed by atoms with E-state index >= 15 is 0 Å². The van der Waals surface area contributed by atoms with Gasteiger partial charge in [0.2, 0.25) is 0 Å². The lowest BCUT2D eigenvalue weighted by molar-refractivity contribution is 0.0445. The fourth-order valence-corrected chi connectivity index (χ4v) is 3.34. The van der Waals surface area contributed by atoms with Crippen molar-refractivity contribution in [3.05, 3.63) is 18.1 Å². The second-order valence-corrected chi connectivity index (χ2v) is 5.89. The Morgan fingerprint density at radius 2 is 2.21 bits per heavy atom. The summed E-state index contributed by atoms with van der Waals surface area (Å²) < 4.78 is 0. The SMILES string of the molecule is CC1CCN(c2cnc(C(=O)O)cn2)CC12CCC2. The zero-order valence-corrected chi connectivity index (χ0v) is 11.2. The predicted molar refractivity (Wildman–Crippen MR) is 71.3 cm³/mol. The Balaban J connectivity index is 1.77. The monoisotopic (exact) mass is 261 g/mol. The summed E-state index contributed by atoms with van der Waals surface area (Å²) in [6.07, 6.45) is 8.08. The Labute approximate surface area is 112 Å². The molecule has 1 atom stereocenters. The van der Waals surface area contributed by atoms with Crippen LogP contribution in [0.2, 0.25) is 0 Å². The van der Waals surface area contributed by atoms with Crippen LogP contribution >= 0.6 is 0 Å². The Hall–Kier alpha value is -1.65. The first-order valence-corrected chi connectivity index (χ1v) is 6.91. The fraction of sp³-hybridized carbons (Fsp3) is 0.643. The van der Waals surface area contributed by atoms with Crippen LogP contribution in [0.1, 0.15) is 43.1 Å². The first-order valence-electron chi connectivity index (χ1n) is 6.91. The van der Waals surface area contributed by atoms with Gasteiger partial charge in [0.25, 0.3) is 0 Å². The third kappa shape index (κ3) is 2.07. The number of anilines is 1.